The quantitative estimate of drug-likeness (QED) is 0.790. The zero-order chi connectivity index (χ0) is 17.5. The van der Waals surface area contributed by atoms with Crippen molar-refractivity contribution in [2.75, 3.05) is 45.8 Å². The molecule has 1 aliphatic carbocycles. The van der Waals surface area contributed by atoms with Crippen molar-refractivity contribution in [1.82, 2.24) is 14.7 Å². The topological polar surface area (TPSA) is 43.9 Å². The fraction of sp³-hybridized carbons (Fsp3) is 0.895. The second-order valence-electron chi connectivity index (χ2n) is 8.92. The van der Waals surface area contributed by atoms with Crippen molar-refractivity contribution in [2.45, 2.75) is 47.0 Å². The molecule has 24 heavy (non-hydrogen) atoms. The van der Waals surface area contributed by atoms with Crippen molar-refractivity contribution in [3.8, 4) is 0 Å². The molecule has 0 radical (unpaired) electrons. The predicted octanol–water partition coefficient (Wildman–Crippen LogP) is 1.83. The van der Waals surface area contributed by atoms with Gasteiger partial charge in [-0.25, -0.2) is 0 Å². The summed E-state index contributed by atoms with van der Waals surface area (Å²) in [5, 5.41) is 0. The van der Waals surface area contributed by atoms with Crippen LogP contribution >= 0.6 is 0 Å². The first-order chi connectivity index (χ1) is 11.2. The van der Waals surface area contributed by atoms with Gasteiger partial charge in [0.15, 0.2) is 0 Å². The Bertz CT molecular complexity index is 495. The molecule has 3 rings (SSSR count). The van der Waals surface area contributed by atoms with Crippen LogP contribution in [0.1, 0.15) is 47.0 Å². The van der Waals surface area contributed by atoms with E-state index < -0.39 is 0 Å². The van der Waals surface area contributed by atoms with Crippen molar-refractivity contribution < 1.29 is 9.59 Å². The molecule has 5 heteroatoms. The number of carbonyl (C=O) groups excluding carboxylic acids is 2. The van der Waals surface area contributed by atoms with Gasteiger partial charge in [-0.05, 0) is 30.1 Å². The minimum Gasteiger partial charge on any atom is -0.342 e. The molecule has 3 fully saturated rings. The first-order valence-corrected chi connectivity index (χ1v) is 9.54. The van der Waals surface area contributed by atoms with E-state index in [1.807, 2.05) is 9.80 Å². The zero-order valence-electron chi connectivity index (χ0n) is 15.8. The molecule has 0 aromatic rings. The van der Waals surface area contributed by atoms with Gasteiger partial charge >= 0.3 is 0 Å². The highest BCUT2D eigenvalue weighted by Crippen LogP contribution is 2.68. The van der Waals surface area contributed by atoms with Crippen LogP contribution in [-0.4, -0.2) is 72.3 Å². The van der Waals surface area contributed by atoms with Crippen LogP contribution in [0.5, 0.6) is 0 Å². The summed E-state index contributed by atoms with van der Waals surface area (Å²) in [7, 11) is 0. The van der Waals surface area contributed by atoms with Crippen molar-refractivity contribution in [2.24, 2.45) is 16.7 Å². The third-order valence-corrected chi connectivity index (χ3v) is 6.99. The molecule has 0 bridgehead atoms. The maximum absolute atomic E-state index is 12.9. The van der Waals surface area contributed by atoms with Crippen LogP contribution in [0.25, 0.3) is 0 Å². The van der Waals surface area contributed by atoms with Crippen molar-refractivity contribution in [1.29, 1.82) is 0 Å². The average molecular weight is 335 g/mol. The molecular formula is C19H33N3O2. The molecular weight excluding hydrogens is 302 g/mol. The van der Waals surface area contributed by atoms with Gasteiger partial charge in [0.2, 0.25) is 11.8 Å². The maximum Gasteiger partial charge on any atom is 0.236 e. The molecule has 1 saturated carbocycles. The monoisotopic (exact) mass is 335 g/mol. The molecule has 0 aromatic heterocycles. The Balaban J connectivity index is 1.52. The molecule has 0 aromatic carbocycles. The summed E-state index contributed by atoms with van der Waals surface area (Å²) in [6.07, 6.45) is 3.24. The predicted molar refractivity (Wildman–Crippen MR) is 94.5 cm³/mol. The van der Waals surface area contributed by atoms with Crippen molar-refractivity contribution in [3.05, 3.63) is 0 Å². The number of rotatable bonds is 3. The lowest BCUT2D eigenvalue weighted by atomic mass is 10.0. The molecule has 5 nitrogen and oxygen atoms in total. The molecule has 2 amide bonds. The van der Waals surface area contributed by atoms with E-state index in [-0.39, 0.29) is 22.7 Å². The number of likely N-dealkylation sites (tertiary alicyclic amines) is 1. The van der Waals surface area contributed by atoms with Gasteiger partial charge in [0.25, 0.3) is 0 Å². The highest BCUT2D eigenvalue weighted by Gasteiger charge is 2.68. The summed E-state index contributed by atoms with van der Waals surface area (Å²) in [6, 6.07) is 0. The summed E-state index contributed by atoms with van der Waals surface area (Å²) in [5.41, 5.74) is 0.198. The summed E-state index contributed by atoms with van der Waals surface area (Å²) in [5.74, 6) is 0.720. The van der Waals surface area contributed by atoms with Gasteiger partial charge in [-0.2, -0.15) is 0 Å². The number of amides is 2. The Labute approximate surface area is 146 Å². The van der Waals surface area contributed by atoms with E-state index in [0.29, 0.717) is 12.5 Å². The molecule has 0 atom stereocenters. The van der Waals surface area contributed by atoms with Gasteiger partial charge in [-0.3, -0.25) is 14.5 Å². The smallest absolute Gasteiger partial charge is 0.236 e. The standard InChI is InChI=1S/C19H33N3O2/c1-18(2)16(19(18,3)4)17(24)22-11-7-8-20(12-13-22)14-15(23)21-9-5-6-10-21/h16H,5-14H2,1-4H3. The van der Waals surface area contributed by atoms with E-state index in [1.165, 1.54) is 0 Å². The molecule has 2 heterocycles. The van der Waals surface area contributed by atoms with Crippen molar-refractivity contribution in [3.63, 3.8) is 0 Å². The number of hydrogen-bond donors (Lipinski definition) is 0. The highest BCUT2D eigenvalue weighted by atomic mass is 16.2. The highest BCUT2D eigenvalue weighted by molar-refractivity contribution is 5.84. The van der Waals surface area contributed by atoms with Gasteiger partial charge in [0.05, 0.1) is 6.54 Å². The number of nitrogens with zero attached hydrogens (tertiary/aromatic N) is 3. The number of hydrogen-bond acceptors (Lipinski definition) is 3. The minimum absolute atomic E-state index is 0.0990. The van der Waals surface area contributed by atoms with E-state index >= 15 is 0 Å². The van der Waals surface area contributed by atoms with Crippen LogP contribution in [0.3, 0.4) is 0 Å². The first-order valence-electron chi connectivity index (χ1n) is 9.54. The van der Waals surface area contributed by atoms with Crippen LogP contribution in [0.4, 0.5) is 0 Å². The fourth-order valence-electron chi connectivity index (χ4n) is 4.60. The lowest BCUT2D eigenvalue weighted by molar-refractivity contribution is -0.133. The van der Waals surface area contributed by atoms with Crippen LogP contribution in [-0.2, 0) is 9.59 Å². The van der Waals surface area contributed by atoms with Crippen LogP contribution in [0.15, 0.2) is 0 Å². The second-order valence-corrected chi connectivity index (χ2v) is 8.92. The Hall–Kier alpha value is -1.10. The van der Waals surface area contributed by atoms with Crippen LogP contribution in [0.2, 0.25) is 0 Å². The molecule has 0 unspecified atom stereocenters. The minimum atomic E-state index is 0.0990. The van der Waals surface area contributed by atoms with Gasteiger partial charge in [-0.15, -0.1) is 0 Å². The summed E-state index contributed by atoms with van der Waals surface area (Å²) >= 11 is 0. The van der Waals surface area contributed by atoms with Crippen molar-refractivity contribution >= 4 is 11.8 Å². The van der Waals surface area contributed by atoms with Gasteiger partial charge in [0.1, 0.15) is 0 Å². The number of carbonyl (C=O) groups is 2. The van der Waals surface area contributed by atoms with Gasteiger partial charge < -0.3 is 9.80 Å². The third kappa shape index (κ3) is 3.07. The largest absolute Gasteiger partial charge is 0.342 e. The average Bonchev–Trinajstić information content (AvgIpc) is 2.81. The Morgan fingerprint density at radius 2 is 1.38 bits per heavy atom. The zero-order valence-corrected chi connectivity index (χ0v) is 15.8. The Morgan fingerprint density at radius 1 is 0.792 bits per heavy atom. The molecule has 2 aliphatic heterocycles. The maximum atomic E-state index is 12.9. The Kier molecular flexibility index (Phi) is 4.67. The van der Waals surface area contributed by atoms with E-state index in [0.717, 1.165) is 58.5 Å². The summed E-state index contributed by atoms with van der Waals surface area (Å²) < 4.78 is 0. The van der Waals surface area contributed by atoms with Gasteiger partial charge in [-0.1, -0.05) is 27.7 Å². The lowest BCUT2D eigenvalue weighted by Gasteiger charge is -2.24. The van der Waals surface area contributed by atoms with E-state index in [1.54, 1.807) is 0 Å². The SMILES string of the molecule is CC1(C)C(C(=O)N2CCCN(CC(=O)N3CCCC3)CC2)C1(C)C. The Morgan fingerprint density at radius 3 is 1.96 bits per heavy atom. The molecule has 136 valence electrons. The van der Waals surface area contributed by atoms with E-state index in [2.05, 4.69) is 32.6 Å². The molecule has 0 spiro atoms. The first kappa shape index (κ1) is 17.7. The summed E-state index contributed by atoms with van der Waals surface area (Å²) in [6.45, 7) is 14.5. The molecule has 0 N–H and O–H groups in total. The lowest BCUT2D eigenvalue weighted by Crippen LogP contribution is -2.41. The van der Waals surface area contributed by atoms with E-state index in [4.69, 9.17) is 0 Å². The molecule has 3 aliphatic rings. The van der Waals surface area contributed by atoms with Crippen LogP contribution in [0, 0.1) is 16.7 Å². The summed E-state index contributed by atoms with van der Waals surface area (Å²) in [4.78, 5) is 31.5. The van der Waals surface area contributed by atoms with E-state index in [9.17, 15) is 9.59 Å². The second kappa shape index (κ2) is 6.32. The normalized spacial score (nSPS) is 27.2. The molecule has 2 saturated heterocycles. The van der Waals surface area contributed by atoms with Gasteiger partial charge in [0, 0.05) is 45.2 Å². The third-order valence-electron chi connectivity index (χ3n) is 6.99. The van der Waals surface area contributed by atoms with Crippen LogP contribution < -0.4 is 0 Å². The fourth-order valence-corrected chi connectivity index (χ4v) is 4.60.